The topological polar surface area (TPSA) is 38.8 Å². The molecule has 0 radical (unpaired) electrons. The SMILES string of the molecule is CCOC(=O)CN(c1ccc(S)cc1)C1COC1. The molecule has 18 heavy (non-hydrogen) atoms. The van der Waals surface area contributed by atoms with Crippen LogP contribution in [0.2, 0.25) is 0 Å². The van der Waals surface area contributed by atoms with E-state index < -0.39 is 0 Å². The highest BCUT2D eigenvalue weighted by Gasteiger charge is 2.28. The van der Waals surface area contributed by atoms with Crippen LogP contribution in [-0.4, -0.2) is 38.4 Å². The van der Waals surface area contributed by atoms with Crippen molar-refractivity contribution in [1.82, 2.24) is 0 Å². The van der Waals surface area contributed by atoms with Gasteiger partial charge in [-0.05, 0) is 31.2 Å². The van der Waals surface area contributed by atoms with Gasteiger partial charge in [0.1, 0.15) is 6.54 Å². The molecule has 0 N–H and O–H groups in total. The van der Waals surface area contributed by atoms with Crippen molar-refractivity contribution in [3.05, 3.63) is 24.3 Å². The van der Waals surface area contributed by atoms with E-state index in [9.17, 15) is 4.79 Å². The summed E-state index contributed by atoms with van der Waals surface area (Å²) in [7, 11) is 0. The molecule has 1 fully saturated rings. The van der Waals surface area contributed by atoms with Crippen LogP contribution in [0.3, 0.4) is 0 Å². The summed E-state index contributed by atoms with van der Waals surface area (Å²) in [6, 6.07) is 7.99. The largest absolute Gasteiger partial charge is 0.465 e. The second-order valence-corrected chi connectivity index (χ2v) is 4.66. The Balaban J connectivity index is 2.09. The average Bonchev–Trinajstić information content (AvgIpc) is 2.27. The Morgan fingerprint density at radius 2 is 2.11 bits per heavy atom. The van der Waals surface area contributed by atoms with Crippen LogP contribution in [0, 0.1) is 0 Å². The number of carbonyl (C=O) groups excluding carboxylic acids is 1. The first-order valence-corrected chi connectivity index (χ1v) is 6.44. The number of thiol groups is 1. The highest BCUT2D eigenvalue weighted by atomic mass is 32.1. The molecule has 0 aromatic heterocycles. The number of hydrogen-bond acceptors (Lipinski definition) is 5. The second-order valence-electron chi connectivity index (χ2n) is 4.14. The predicted molar refractivity (Wildman–Crippen MR) is 72.3 cm³/mol. The molecule has 1 heterocycles. The number of hydrogen-bond donors (Lipinski definition) is 1. The zero-order valence-corrected chi connectivity index (χ0v) is 11.2. The zero-order chi connectivity index (χ0) is 13.0. The van der Waals surface area contributed by atoms with Gasteiger partial charge >= 0.3 is 5.97 Å². The normalized spacial score (nSPS) is 15.0. The lowest BCUT2D eigenvalue weighted by molar-refractivity contribution is -0.141. The van der Waals surface area contributed by atoms with E-state index in [-0.39, 0.29) is 18.6 Å². The van der Waals surface area contributed by atoms with Gasteiger partial charge in [-0.2, -0.15) is 0 Å². The van der Waals surface area contributed by atoms with Gasteiger partial charge in [0.2, 0.25) is 0 Å². The molecule has 5 heteroatoms. The minimum Gasteiger partial charge on any atom is -0.465 e. The van der Waals surface area contributed by atoms with Crippen molar-refractivity contribution in [2.45, 2.75) is 17.9 Å². The van der Waals surface area contributed by atoms with Gasteiger partial charge < -0.3 is 14.4 Å². The molecule has 4 nitrogen and oxygen atoms in total. The number of anilines is 1. The number of esters is 1. The molecule has 0 spiro atoms. The van der Waals surface area contributed by atoms with Crippen molar-refractivity contribution in [3.8, 4) is 0 Å². The molecule has 0 bridgehead atoms. The summed E-state index contributed by atoms with van der Waals surface area (Å²) in [4.78, 5) is 14.5. The first-order chi connectivity index (χ1) is 8.70. The van der Waals surface area contributed by atoms with Crippen molar-refractivity contribution in [2.75, 3.05) is 31.3 Å². The van der Waals surface area contributed by atoms with E-state index in [4.69, 9.17) is 9.47 Å². The van der Waals surface area contributed by atoms with Gasteiger partial charge in [0.05, 0.1) is 25.9 Å². The fourth-order valence-electron chi connectivity index (χ4n) is 1.82. The summed E-state index contributed by atoms with van der Waals surface area (Å²) < 4.78 is 10.2. The summed E-state index contributed by atoms with van der Waals surface area (Å²) in [5.41, 5.74) is 0.995. The van der Waals surface area contributed by atoms with Crippen molar-refractivity contribution < 1.29 is 14.3 Å². The first kappa shape index (κ1) is 13.2. The molecule has 0 saturated carbocycles. The molecule has 0 amide bonds. The minimum absolute atomic E-state index is 0.209. The maximum Gasteiger partial charge on any atom is 0.325 e. The van der Waals surface area contributed by atoms with E-state index in [1.807, 2.05) is 36.1 Å². The Kier molecular flexibility index (Phi) is 4.49. The highest BCUT2D eigenvalue weighted by Crippen LogP contribution is 2.22. The Hall–Kier alpha value is -1.20. The lowest BCUT2D eigenvalue weighted by Gasteiger charge is -2.38. The number of ether oxygens (including phenoxy) is 2. The molecule has 1 aliphatic heterocycles. The van der Waals surface area contributed by atoms with E-state index >= 15 is 0 Å². The minimum atomic E-state index is -0.209. The van der Waals surface area contributed by atoms with Gasteiger partial charge in [-0.1, -0.05) is 0 Å². The third-order valence-electron chi connectivity index (χ3n) is 2.85. The molecule has 0 unspecified atom stereocenters. The van der Waals surface area contributed by atoms with E-state index in [0.717, 1.165) is 10.6 Å². The smallest absolute Gasteiger partial charge is 0.325 e. The van der Waals surface area contributed by atoms with Crippen molar-refractivity contribution >= 4 is 24.3 Å². The lowest BCUT2D eigenvalue weighted by atomic mass is 10.1. The van der Waals surface area contributed by atoms with Crippen LogP contribution in [0.15, 0.2) is 29.2 Å². The van der Waals surface area contributed by atoms with Crippen LogP contribution in [0.4, 0.5) is 5.69 Å². The fourth-order valence-corrected chi connectivity index (χ4v) is 1.97. The van der Waals surface area contributed by atoms with E-state index in [2.05, 4.69) is 12.6 Å². The molecule has 0 atom stereocenters. The molecular weight excluding hydrogens is 250 g/mol. The molecule has 2 rings (SSSR count). The number of nitrogens with zero attached hydrogens (tertiary/aromatic N) is 1. The summed E-state index contributed by atoms with van der Waals surface area (Å²) >= 11 is 4.26. The van der Waals surface area contributed by atoms with Crippen molar-refractivity contribution in [2.24, 2.45) is 0 Å². The maximum atomic E-state index is 11.6. The highest BCUT2D eigenvalue weighted by molar-refractivity contribution is 7.80. The molecule has 1 saturated heterocycles. The molecule has 1 aromatic carbocycles. The third kappa shape index (κ3) is 3.17. The quantitative estimate of drug-likeness (QED) is 0.651. The van der Waals surface area contributed by atoms with Crippen LogP contribution in [0.1, 0.15) is 6.92 Å². The Morgan fingerprint density at radius 1 is 1.44 bits per heavy atom. The standard InChI is InChI=1S/C13H17NO3S/c1-2-17-13(15)7-14(11-8-16-9-11)10-3-5-12(18)6-4-10/h3-6,11,18H,2,7-9H2,1H3. The lowest BCUT2D eigenvalue weighted by Crippen LogP contribution is -2.51. The van der Waals surface area contributed by atoms with Gasteiger partial charge in [0.15, 0.2) is 0 Å². The average molecular weight is 267 g/mol. The Labute approximate surface area is 112 Å². The molecule has 1 aliphatic rings. The molecule has 0 aliphatic carbocycles. The molecule has 1 aromatic rings. The predicted octanol–water partition coefficient (Wildman–Crippen LogP) is 1.74. The van der Waals surface area contributed by atoms with Crippen LogP contribution in [0.5, 0.6) is 0 Å². The van der Waals surface area contributed by atoms with Gasteiger partial charge in [-0.3, -0.25) is 4.79 Å². The van der Waals surface area contributed by atoms with Crippen LogP contribution in [0.25, 0.3) is 0 Å². The zero-order valence-electron chi connectivity index (χ0n) is 10.3. The van der Waals surface area contributed by atoms with E-state index in [1.165, 1.54) is 0 Å². The van der Waals surface area contributed by atoms with Crippen LogP contribution < -0.4 is 4.90 Å². The van der Waals surface area contributed by atoms with Gasteiger partial charge in [-0.25, -0.2) is 0 Å². The van der Waals surface area contributed by atoms with Crippen molar-refractivity contribution in [3.63, 3.8) is 0 Å². The summed E-state index contributed by atoms with van der Waals surface area (Å²) in [5, 5.41) is 0. The van der Waals surface area contributed by atoms with Crippen molar-refractivity contribution in [1.29, 1.82) is 0 Å². The van der Waals surface area contributed by atoms with E-state index in [0.29, 0.717) is 19.8 Å². The monoisotopic (exact) mass is 267 g/mol. The summed E-state index contributed by atoms with van der Waals surface area (Å²) in [6.45, 7) is 3.78. The molecule has 98 valence electrons. The number of carbonyl (C=O) groups is 1. The third-order valence-corrected chi connectivity index (χ3v) is 3.15. The fraction of sp³-hybridized carbons (Fsp3) is 0.462. The van der Waals surface area contributed by atoms with Gasteiger partial charge in [-0.15, -0.1) is 12.6 Å². The Bertz CT molecular complexity index is 403. The molecular formula is C13H17NO3S. The van der Waals surface area contributed by atoms with Gasteiger partial charge in [0.25, 0.3) is 0 Å². The first-order valence-electron chi connectivity index (χ1n) is 5.99. The van der Waals surface area contributed by atoms with Crippen LogP contribution in [-0.2, 0) is 14.3 Å². The second kappa shape index (κ2) is 6.11. The summed E-state index contributed by atoms with van der Waals surface area (Å²) in [6.07, 6.45) is 0. The number of rotatable bonds is 5. The van der Waals surface area contributed by atoms with Gasteiger partial charge in [0, 0.05) is 10.6 Å². The maximum absolute atomic E-state index is 11.6. The Morgan fingerprint density at radius 3 is 2.61 bits per heavy atom. The van der Waals surface area contributed by atoms with Crippen LogP contribution >= 0.6 is 12.6 Å². The summed E-state index contributed by atoms with van der Waals surface area (Å²) in [5.74, 6) is -0.209. The number of benzene rings is 1. The van der Waals surface area contributed by atoms with E-state index in [1.54, 1.807) is 0 Å².